The predicted octanol–water partition coefficient (Wildman–Crippen LogP) is 5.97. The predicted molar refractivity (Wildman–Crippen MR) is 229 cm³/mol. The largest absolute Gasteiger partial charge is 0.415 e. The molecule has 1 aromatic heterocycles. The van der Waals surface area contributed by atoms with Crippen molar-refractivity contribution in [1.82, 2.24) is 19.7 Å². The topological polar surface area (TPSA) is 177 Å². The van der Waals surface area contributed by atoms with Crippen LogP contribution in [0.15, 0.2) is 96.0 Å². The van der Waals surface area contributed by atoms with Gasteiger partial charge in [-0.2, -0.15) is 0 Å². The Kier molecular flexibility index (Phi) is 11.5. The molecule has 1 saturated heterocycles. The summed E-state index contributed by atoms with van der Waals surface area (Å²) in [6.07, 6.45) is 6.21. The van der Waals surface area contributed by atoms with Gasteiger partial charge < -0.3 is 35.1 Å². The summed E-state index contributed by atoms with van der Waals surface area (Å²) in [5.74, 6) is -1.03. The Morgan fingerprint density at radius 2 is 1.55 bits per heavy atom. The third-order valence-electron chi connectivity index (χ3n) is 11.0. The van der Waals surface area contributed by atoms with Gasteiger partial charge in [0.15, 0.2) is 0 Å². The van der Waals surface area contributed by atoms with Crippen LogP contribution < -0.4 is 20.3 Å². The first-order chi connectivity index (χ1) is 29.1. The minimum atomic E-state index is -0.402. The summed E-state index contributed by atoms with van der Waals surface area (Å²) in [5.41, 5.74) is 4.47. The first-order valence-corrected chi connectivity index (χ1v) is 20.0. The van der Waals surface area contributed by atoms with Crippen LogP contribution in [0.4, 0.5) is 21.9 Å². The molecule has 3 aliphatic rings. The highest BCUT2D eigenvalue weighted by Gasteiger charge is 2.31. The smallest absolute Gasteiger partial charge is 0.409 e. The molecule has 6 amide bonds. The number of likely N-dealkylation sites (N-methyl/N-ethyl adjacent to an activating group) is 1. The summed E-state index contributed by atoms with van der Waals surface area (Å²) in [6.45, 7) is 3.52. The summed E-state index contributed by atoms with van der Waals surface area (Å²) in [5, 5.41) is 8.38. The quantitative estimate of drug-likeness (QED) is 0.0593. The summed E-state index contributed by atoms with van der Waals surface area (Å²) >= 11 is 0. The van der Waals surface area contributed by atoms with Crippen molar-refractivity contribution in [3.63, 3.8) is 0 Å². The molecular weight excluding hydrogens is 765 g/mol. The van der Waals surface area contributed by atoms with E-state index in [4.69, 9.17) is 4.74 Å². The zero-order valence-electron chi connectivity index (χ0n) is 33.1. The summed E-state index contributed by atoms with van der Waals surface area (Å²) < 4.78 is 6.00. The van der Waals surface area contributed by atoms with Gasteiger partial charge in [0.1, 0.15) is 11.4 Å². The van der Waals surface area contributed by atoms with E-state index in [2.05, 4.69) is 25.5 Å². The average Bonchev–Trinajstić information content (AvgIpc) is 3.97. The fraction of sp³-hybridized carbons (Fsp3) is 0.267. The minimum Gasteiger partial charge on any atom is -0.409 e. The molecule has 0 saturated carbocycles. The minimum absolute atomic E-state index is 0.217. The van der Waals surface area contributed by atoms with Gasteiger partial charge in [-0.25, -0.2) is 9.79 Å². The maximum atomic E-state index is 14.1. The van der Waals surface area contributed by atoms with Crippen LogP contribution in [0, 0.1) is 0 Å². The van der Waals surface area contributed by atoms with E-state index >= 15 is 0 Å². The summed E-state index contributed by atoms with van der Waals surface area (Å²) in [4.78, 5) is 89.8. The molecule has 0 spiro atoms. The molecular formula is C45H44N8O7. The molecule has 0 unspecified atom stereocenters. The van der Waals surface area contributed by atoms with Crippen LogP contribution in [-0.2, 0) is 20.8 Å². The number of nitrogens with zero attached hydrogens (tertiary/aromatic N) is 5. The number of carbonyl (C=O) groups excluding carboxylic acids is 6. The maximum Gasteiger partial charge on any atom is 0.415 e. The first-order valence-electron chi connectivity index (χ1n) is 20.0. The monoisotopic (exact) mass is 808 g/mol. The number of imide groups is 1. The number of rotatable bonds is 12. The number of ether oxygens (including phenoxy) is 1. The van der Waals surface area contributed by atoms with Gasteiger partial charge in [0.2, 0.25) is 5.91 Å². The van der Waals surface area contributed by atoms with Crippen molar-refractivity contribution >= 4 is 80.7 Å². The van der Waals surface area contributed by atoms with Gasteiger partial charge in [-0.1, -0.05) is 30.7 Å². The second-order valence-electron chi connectivity index (χ2n) is 15.1. The van der Waals surface area contributed by atoms with Crippen molar-refractivity contribution in [1.29, 1.82) is 0 Å². The van der Waals surface area contributed by atoms with E-state index in [1.807, 2.05) is 43.4 Å². The van der Waals surface area contributed by atoms with Gasteiger partial charge in [-0.05, 0) is 85.8 Å². The Bertz CT molecular complexity index is 2550. The Balaban J connectivity index is 0.858. The molecule has 0 bridgehead atoms. The number of H-pyrrole nitrogens is 1. The number of piperazine rings is 1. The van der Waals surface area contributed by atoms with Crippen LogP contribution in [0.5, 0.6) is 5.75 Å². The molecule has 4 heterocycles. The van der Waals surface area contributed by atoms with Crippen LogP contribution >= 0.6 is 0 Å². The SMILES string of the molecule is CN1CCN(C(=O)Oc2cc3c(c4ccccc24)CCN3C(=O)c2cc3cc(NC(=O)c4ccc(NC=NC(=O)CCCCCN5C(=O)C=CC5=O)cc4)ccc3[nH]2)CC1. The number of fused-ring (bicyclic) bond motifs is 4. The first kappa shape index (κ1) is 39.7. The molecule has 15 heteroatoms. The number of benzene rings is 4. The molecule has 0 aliphatic carbocycles. The van der Waals surface area contributed by atoms with Crippen molar-refractivity contribution in [2.24, 2.45) is 4.99 Å². The number of carbonyl (C=O) groups is 6. The number of aromatic amines is 1. The summed E-state index contributed by atoms with van der Waals surface area (Å²) in [7, 11) is 2.03. The number of hydrogen-bond donors (Lipinski definition) is 3. The highest BCUT2D eigenvalue weighted by Crippen LogP contribution is 2.41. The van der Waals surface area contributed by atoms with E-state index in [1.165, 1.54) is 23.4 Å². The van der Waals surface area contributed by atoms with Crippen molar-refractivity contribution < 1.29 is 33.5 Å². The number of nitrogens with one attached hydrogen (secondary N) is 3. The molecule has 5 aromatic rings. The maximum absolute atomic E-state index is 14.1. The Morgan fingerprint density at radius 3 is 2.32 bits per heavy atom. The molecule has 0 atom stereocenters. The van der Waals surface area contributed by atoms with Crippen LogP contribution in [0.1, 0.15) is 52.1 Å². The lowest BCUT2D eigenvalue weighted by molar-refractivity contribution is -0.136. The number of unbranched alkanes of at least 4 members (excludes halogenated alkanes) is 2. The van der Waals surface area contributed by atoms with Crippen molar-refractivity contribution in [3.05, 3.63) is 108 Å². The molecule has 306 valence electrons. The number of aliphatic imine (C=N–C) groups is 1. The second-order valence-corrected chi connectivity index (χ2v) is 15.1. The zero-order chi connectivity index (χ0) is 41.8. The fourth-order valence-corrected chi connectivity index (χ4v) is 7.69. The van der Waals surface area contributed by atoms with E-state index in [1.54, 1.807) is 52.3 Å². The fourth-order valence-electron chi connectivity index (χ4n) is 7.69. The van der Waals surface area contributed by atoms with E-state index in [0.717, 1.165) is 40.3 Å². The van der Waals surface area contributed by atoms with Gasteiger partial charge in [0.25, 0.3) is 23.6 Å². The van der Waals surface area contributed by atoms with E-state index in [9.17, 15) is 28.8 Å². The third-order valence-corrected chi connectivity index (χ3v) is 11.0. The Hall–Kier alpha value is -7.13. The van der Waals surface area contributed by atoms with Crippen molar-refractivity contribution in [2.75, 3.05) is 61.8 Å². The van der Waals surface area contributed by atoms with Crippen molar-refractivity contribution in [3.8, 4) is 5.75 Å². The average molecular weight is 809 g/mol. The highest BCUT2D eigenvalue weighted by atomic mass is 16.6. The highest BCUT2D eigenvalue weighted by molar-refractivity contribution is 6.13. The Labute approximate surface area is 345 Å². The second kappa shape index (κ2) is 17.4. The summed E-state index contributed by atoms with van der Waals surface area (Å²) in [6, 6.07) is 23.5. The van der Waals surface area contributed by atoms with Gasteiger partial charge in [0, 0.05) is 97.1 Å². The lowest BCUT2D eigenvalue weighted by atomic mass is 10.0. The Morgan fingerprint density at radius 1 is 0.817 bits per heavy atom. The molecule has 8 rings (SSSR count). The molecule has 3 aliphatic heterocycles. The van der Waals surface area contributed by atoms with Crippen LogP contribution in [-0.4, -0.2) is 108 Å². The number of hydrogen-bond acceptors (Lipinski definition) is 8. The van der Waals surface area contributed by atoms with Gasteiger partial charge in [0.05, 0.1) is 12.0 Å². The van der Waals surface area contributed by atoms with Crippen LogP contribution in [0.25, 0.3) is 21.7 Å². The third kappa shape index (κ3) is 8.66. The normalized spacial score (nSPS) is 15.4. The van der Waals surface area contributed by atoms with E-state index in [0.29, 0.717) is 85.9 Å². The van der Waals surface area contributed by atoms with E-state index < -0.39 is 6.09 Å². The van der Waals surface area contributed by atoms with Gasteiger partial charge in [-0.3, -0.25) is 28.9 Å². The number of aromatic nitrogens is 1. The lowest BCUT2D eigenvalue weighted by Gasteiger charge is -2.31. The van der Waals surface area contributed by atoms with Crippen molar-refractivity contribution in [2.45, 2.75) is 32.1 Å². The molecule has 60 heavy (non-hydrogen) atoms. The van der Waals surface area contributed by atoms with Crippen LogP contribution in [0.2, 0.25) is 0 Å². The van der Waals surface area contributed by atoms with Gasteiger partial charge in [-0.15, -0.1) is 0 Å². The molecule has 4 aromatic carbocycles. The van der Waals surface area contributed by atoms with Crippen LogP contribution in [0.3, 0.4) is 0 Å². The molecule has 0 radical (unpaired) electrons. The van der Waals surface area contributed by atoms with E-state index in [-0.39, 0.29) is 36.0 Å². The zero-order valence-corrected chi connectivity index (χ0v) is 33.1. The van der Waals surface area contributed by atoms with Gasteiger partial charge >= 0.3 is 6.09 Å². The molecule has 15 nitrogen and oxygen atoms in total. The molecule has 1 fully saturated rings. The standard InChI is InChI=1S/C45H44N8O7/c1-50-21-23-51(24-22-50)45(59)60-39-27-38-34(33-7-4-5-8-35(33)39)18-20-52(38)44(58)37-26-30-25-32(14-15-36(30)49-37)48-43(57)29-10-12-31(13-11-29)46-28-47-40(54)9-3-2-6-19-53-41(55)16-17-42(53)56/h4-5,7-8,10-17,25-28,49H,2-3,6,9,18-24H2,1H3,(H,48,57)(H,46,47,54). The molecule has 3 N–H and O–H groups in total. The number of anilines is 3. The lowest BCUT2D eigenvalue weighted by Crippen LogP contribution is -2.48. The number of amides is 6.